The molecular weight excluding hydrogens is 318 g/mol. The number of benzene rings is 1. The molecule has 3 rings (SSSR count). The van der Waals surface area contributed by atoms with Gasteiger partial charge in [0.05, 0.1) is 13.2 Å². The van der Waals surface area contributed by atoms with Crippen LogP contribution in [0.2, 0.25) is 0 Å². The first-order chi connectivity index (χ1) is 12.0. The summed E-state index contributed by atoms with van der Waals surface area (Å²) in [5.41, 5.74) is 0.806. The van der Waals surface area contributed by atoms with E-state index in [2.05, 4.69) is 19.2 Å². The van der Waals surface area contributed by atoms with Gasteiger partial charge in [-0.25, -0.2) is 4.79 Å². The van der Waals surface area contributed by atoms with Crippen LogP contribution < -0.4 is 15.0 Å². The lowest BCUT2D eigenvalue weighted by molar-refractivity contribution is -0.117. The van der Waals surface area contributed by atoms with Gasteiger partial charge in [-0.15, -0.1) is 0 Å². The highest BCUT2D eigenvalue weighted by Crippen LogP contribution is 2.26. The summed E-state index contributed by atoms with van der Waals surface area (Å²) in [5.74, 6) is 0.743. The number of hydrogen-bond donors (Lipinski definition) is 1. The third-order valence-corrected chi connectivity index (χ3v) is 5.25. The Labute approximate surface area is 149 Å². The topological polar surface area (TPSA) is 61.9 Å². The van der Waals surface area contributed by atoms with Crippen molar-refractivity contribution in [3.63, 3.8) is 0 Å². The number of anilines is 1. The minimum Gasteiger partial charge on any atom is -0.497 e. The number of urea groups is 1. The minimum atomic E-state index is -0.160. The number of carbonyl (C=O) groups is 2. The molecule has 0 aliphatic carbocycles. The molecule has 136 valence electrons. The highest BCUT2D eigenvalue weighted by molar-refractivity contribution is 5.97. The fourth-order valence-electron chi connectivity index (χ4n) is 3.90. The van der Waals surface area contributed by atoms with Crippen molar-refractivity contribution in [2.75, 3.05) is 18.6 Å². The van der Waals surface area contributed by atoms with E-state index in [0.29, 0.717) is 18.7 Å². The summed E-state index contributed by atoms with van der Waals surface area (Å²) in [6, 6.07) is 7.73. The quantitative estimate of drug-likeness (QED) is 0.916. The molecular formula is C19H27N3O3. The fourth-order valence-corrected chi connectivity index (χ4v) is 3.90. The Bertz CT molecular complexity index is 639. The van der Waals surface area contributed by atoms with Crippen LogP contribution in [0.4, 0.5) is 10.5 Å². The Morgan fingerprint density at radius 1 is 1.24 bits per heavy atom. The molecule has 0 saturated carbocycles. The molecule has 1 N–H and O–H groups in total. The average Bonchev–Trinajstić information content (AvgIpc) is 2.95. The van der Waals surface area contributed by atoms with Gasteiger partial charge in [0.25, 0.3) is 0 Å². The van der Waals surface area contributed by atoms with E-state index in [1.54, 1.807) is 12.0 Å². The maximum atomic E-state index is 12.7. The van der Waals surface area contributed by atoms with Gasteiger partial charge in [-0.05, 0) is 45.2 Å². The molecule has 1 aromatic carbocycles. The molecule has 2 aliphatic rings. The largest absolute Gasteiger partial charge is 0.497 e. The number of nitrogens with one attached hydrogen (secondary N) is 1. The average molecular weight is 345 g/mol. The highest BCUT2D eigenvalue weighted by Gasteiger charge is 2.35. The Balaban J connectivity index is 1.65. The predicted octanol–water partition coefficient (Wildman–Crippen LogP) is 2.77. The molecule has 2 aliphatic heterocycles. The van der Waals surface area contributed by atoms with Crippen molar-refractivity contribution in [3.05, 3.63) is 24.3 Å². The third-order valence-electron chi connectivity index (χ3n) is 5.25. The molecule has 3 unspecified atom stereocenters. The van der Waals surface area contributed by atoms with Crippen LogP contribution in [-0.2, 0) is 4.79 Å². The Morgan fingerprint density at radius 2 is 1.96 bits per heavy atom. The van der Waals surface area contributed by atoms with Crippen molar-refractivity contribution < 1.29 is 14.3 Å². The number of rotatable bonds is 3. The van der Waals surface area contributed by atoms with Crippen LogP contribution in [0.3, 0.4) is 0 Å². The Kier molecular flexibility index (Phi) is 5.16. The zero-order valence-electron chi connectivity index (χ0n) is 15.2. The summed E-state index contributed by atoms with van der Waals surface area (Å²) in [6.07, 6.45) is 3.58. The molecule has 0 aromatic heterocycles. The maximum Gasteiger partial charge on any atom is 0.318 e. The molecule has 6 heteroatoms. The number of hydrogen-bond acceptors (Lipinski definition) is 3. The van der Waals surface area contributed by atoms with E-state index in [-0.39, 0.29) is 30.1 Å². The summed E-state index contributed by atoms with van der Waals surface area (Å²) < 4.78 is 5.23. The van der Waals surface area contributed by atoms with Crippen LogP contribution in [0, 0.1) is 0 Å². The second kappa shape index (κ2) is 7.33. The van der Waals surface area contributed by atoms with Crippen molar-refractivity contribution in [2.45, 2.75) is 57.7 Å². The first-order valence-corrected chi connectivity index (χ1v) is 9.03. The van der Waals surface area contributed by atoms with Crippen LogP contribution in [0.5, 0.6) is 5.75 Å². The van der Waals surface area contributed by atoms with Crippen LogP contribution in [0.25, 0.3) is 0 Å². The minimum absolute atomic E-state index is 0.0262. The molecule has 6 nitrogen and oxygen atoms in total. The summed E-state index contributed by atoms with van der Waals surface area (Å²) in [6.45, 7) is 4.68. The molecule has 0 radical (unpaired) electrons. The first kappa shape index (κ1) is 17.6. The SMILES string of the molecule is COc1cccc(N2CC(NC(=O)N3C(C)CCCC3C)CC2=O)c1. The summed E-state index contributed by atoms with van der Waals surface area (Å²) in [4.78, 5) is 28.7. The number of methoxy groups -OCH3 is 1. The van der Waals surface area contributed by atoms with Gasteiger partial charge in [-0.1, -0.05) is 6.07 Å². The van der Waals surface area contributed by atoms with Gasteiger partial charge in [0.2, 0.25) is 5.91 Å². The van der Waals surface area contributed by atoms with Gasteiger partial charge < -0.3 is 19.9 Å². The number of nitrogens with zero attached hydrogens (tertiary/aromatic N) is 2. The Morgan fingerprint density at radius 3 is 2.64 bits per heavy atom. The van der Waals surface area contributed by atoms with E-state index in [9.17, 15) is 9.59 Å². The number of ether oxygens (including phenoxy) is 1. The smallest absolute Gasteiger partial charge is 0.318 e. The first-order valence-electron chi connectivity index (χ1n) is 9.03. The van der Waals surface area contributed by atoms with Crippen molar-refractivity contribution in [1.82, 2.24) is 10.2 Å². The third kappa shape index (κ3) is 3.72. The lowest BCUT2D eigenvalue weighted by Gasteiger charge is -2.39. The van der Waals surface area contributed by atoms with E-state index in [0.717, 1.165) is 24.9 Å². The molecule has 0 spiro atoms. The van der Waals surface area contributed by atoms with Crippen molar-refractivity contribution in [2.24, 2.45) is 0 Å². The molecule has 2 fully saturated rings. The molecule has 2 heterocycles. The standard InChI is InChI=1S/C19H27N3O3/c1-13-6-4-7-14(2)22(13)19(24)20-15-10-18(23)21(12-15)16-8-5-9-17(11-16)25-3/h5,8-9,11,13-15H,4,6-7,10,12H2,1-3H3,(H,20,24). The monoisotopic (exact) mass is 345 g/mol. The van der Waals surface area contributed by atoms with Crippen LogP contribution >= 0.6 is 0 Å². The van der Waals surface area contributed by atoms with Gasteiger partial charge in [0.15, 0.2) is 0 Å². The maximum absolute atomic E-state index is 12.7. The normalized spacial score (nSPS) is 26.7. The van der Waals surface area contributed by atoms with Crippen LogP contribution in [-0.4, -0.2) is 48.6 Å². The molecule has 3 atom stereocenters. The van der Waals surface area contributed by atoms with Gasteiger partial charge in [-0.2, -0.15) is 0 Å². The van der Waals surface area contributed by atoms with Gasteiger partial charge in [-0.3, -0.25) is 4.79 Å². The van der Waals surface area contributed by atoms with Crippen molar-refractivity contribution in [3.8, 4) is 5.75 Å². The lowest BCUT2D eigenvalue weighted by atomic mass is 9.98. The number of carbonyl (C=O) groups excluding carboxylic acids is 2. The molecule has 25 heavy (non-hydrogen) atoms. The zero-order chi connectivity index (χ0) is 18.0. The molecule has 0 bridgehead atoms. The van der Waals surface area contributed by atoms with E-state index >= 15 is 0 Å². The lowest BCUT2D eigenvalue weighted by Crippen LogP contribution is -2.54. The number of likely N-dealkylation sites (tertiary alicyclic amines) is 1. The van der Waals surface area contributed by atoms with Crippen LogP contribution in [0.1, 0.15) is 39.5 Å². The van der Waals surface area contributed by atoms with Gasteiger partial charge >= 0.3 is 6.03 Å². The van der Waals surface area contributed by atoms with Crippen molar-refractivity contribution >= 4 is 17.6 Å². The number of piperidine rings is 1. The summed E-state index contributed by atoms with van der Waals surface area (Å²) in [5, 5.41) is 3.06. The summed E-state index contributed by atoms with van der Waals surface area (Å²) >= 11 is 0. The molecule has 1 aromatic rings. The van der Waals surface area contributed by atoms with Crippen molar-refractivity contribution in [1.29, 1.82) is 0 Å². The summed E-state index contributed by atoms with van der Waals surface area (Å²) in [7, 11) is 1.61. The second-order valence-electron chi connectivity index (χ2n) is 7.09. The molecule has 2 saturated heterocycles. The van der Waals surface area contributed by atoms with E-state index < -0.39 is 0 Å². The predicted molar refractivity (Wildman–Crippen MR) is 96.9 cm³/mol. The van der Waals surface area contributed by atoms with Gasteiger partial charge in [0.1, 0.15) is 5.75 Å². The zero-order valence-corrected chi connectivity index (χ0v) is 15.2. The number of amides is 3. The van der Waals surface area contributed by atoms with E-state index in [4.69, 9.17) is 4.74 Å². The van der Waals surface area contributed by atoms with Crippen LogP contribution in [0.15, 0.2) is 24.3 Å². The fraction of sp³-hybridized carbons (Fsp3) is 0.579. The highest BCUT2D eigenvalue weighted by atomic mass is 16.5. The second-order valence-corrected chi connectivity index (χ2v) is 7.09. The van der Waals surface area contributed by atoms with E-state index in [1.807, 2.05) is 29.2 Å². The Hall–Kier alpha value is -2.24. The van der Waals surface area contributed by atoms with E-state index in [1.165, 1.54) is 0 Å². The van der Waals surface area contributed by atoms with Gasteiger partial charge in [0, 0.05) is 36.8 Å². The molecule has 3 amide bonds.